The summed E-state index contributed by atoms with van der Waals surface area (Å²) < 4.78 is 5.48. The van der Waals surface area contributed by atoms with E-state index in [1.165, 1.54) is 10.4 Å². The highest BCUT2D eigenvalue weighted by Gasteiger charge is 2.24. The second-order valence-electron chi connectivity index (χ2n) is 10.1. The number of aromatic nitrogens is 2. The maximum atomic E-state index is 13.1. The Balaban J connectivity index is 1.32. The van der Waals surface area contributed by atoms with Crippen LogP contribution >= 0.6 is 11.3 Å². The SMILES string of the molecule is CC1CCc2c(sc3nc(CN(CCN4CCOCC4)CC(O)Cc4ccccc4)[nH]c(=O)c23)C1. The minimum Gasteiger partial charge on any atom is -0.391 e. The maximum absolute atomic E-state index is 13.1. The van der Waals surface area contributed by atoms with Crippen molar-refractivity contribution in [1.29, 1.82) is 0 Å². The molecule has 188 valence electrons. The number of aliphatic hydroxyl groups excluding tert-OH is 1. The van der Waals surface area contributed by atoms with E-state index in [-0.39, 0.29) is 5.56 Å². The van der Waals surface area contributed by atoms with Gasteiger partial charge in [-0.3, -0.25) is 14.6 Å². The van der Waals surface area contributed by atoms with Crippen LogP contribution in [0.3, 0.4) is 0 Å². The number of hydrogen-bond donors (Lipinski definition) is 2. The fraction of sp³-hybridized carbons (Fsp3) is 0.556. The minimum absolute atomic E-state index is 0.0185. The number of aryl methyl sites for hydroxylation is 1. The van der Waals surface area contributed by atoms with Crippen LogP contribution in [0.4, 0.5) is 0 Å². The summed E-state index contributed by atoms with van der Waals surface area (Å²) in [6.07, 6.45) is 3.26. The lowest BCUT2D eigenvalue weighted by Gasteiger charge is -2.30. The first-order valence-corrected chi connectivity index (χ1v) is 13.6. The first-order chi connectivity index (χ1) is 17.0. The van der Waals surface area contributed by atoms with Crippen molar-refractivity contribution in [2.24, 2.45) is 5.92 Å². The zero-order chi connectivity index (χ0) is 24.2. The van der Waals surface area contributed by atoms with E-state index < -0.39 is 6.10 Å². The number of nitrogens with one attached hydrogen (secondary N) is 1. The molecule has 0 radical (unpaired) electrons. The molecule has 2 unspecified atom stereocenters. The fourth-order valence-electron chi connectivity index (χ4n) is 5.27. The summed E-state index contributed by atoms with van der Waals surface area (Å²) in [5, 5.41) is 11.7. The average molecular weight is 497 g/mol. The van der Waals surface area contributed by atoms with Crippen molar-refractivity contribution in [2.45, 2.75) is 45.3 Å². The van der Waals surface area contributed by atoms with Crippen LogP contribution in [0.15, 0.2) is 35.1 Å². The van der Waals surface area contributed by atoms with E-state index >= 15 is 0 Å². The van der Waals surface area contributed by atoms with Gasteiger partial charge in [-0.25, -0.2) is 4.98 Å². The number of thiophene rings is 1. The quantitative estimate of drug-likeness (QED) is 0.474. The normalized spacial score (nSPS) is 19.8. The van der Waals surface area contributed by atoms with Gasteiger partial charge in [-0.05, 0) is 42.7 Å². The Morgan fingerprint density at radius 2 is 2.09 bits per heavy atom. The van der Waals surface area contributed by atoms with Gasteiger partial charge in [0.05, 0.1) is 31.2 Å². The molecule has 3 heterocycles. The Bertz CT molecular complexity index is 1170. The summed E-state index contributed by atoms with van der Waals surface area (Å²) in [4.78, 5) is 27.9. The molecular weight excluding hydrogens is 460 g/mol. The lowest BCUT2D eigenvalue weighted by atomic mass is 9.89. The summed E-state index contributed by atoms with van der Waals surface area (Å²) in [7, 11) is 0. The van der Waals surface area contributed by atoms with E-state index in [1.54, 1.807) is 11.3 Å². The standard InChI is InChI=1S/C27H36N4O3S/c1-19-7-8-22-23(15-19)35-27-25(22)26(33)28-24(29-27)18-31(10-9-30-11-13-34-14-12-30)17-21(32)16-20-5-3-2-4-6-20/h2-6,19,21,32H,7-18H2,1H3,(H,28,29,33). The Morgan fingerprint density at radius 1 is 1.29 bits per heavy atom. The number of aromatic amines is 1. The van der Waals surface area contributed by atoms with Gasteiger partial charge in [-0.15, -0.1) is 11.3 Å². The molecule has 2 aromatic heterocycles. The highest BCUT2D eigenvalue weighted by molar-refractivity contribution is 7.18. The molecule has 8 heteroatoms. The molecule has 1 aliphatic carbocycles. The van der Waals surface area contributed by atoms with E-state index in [0.29, 0.717) is 31.3 Å². The third-order valence-electron chi connectivity index (χ3n) is 7.21. The molecule has 0 saturated carbocycles. The molecule has 2 aliphatic rings. The molecule has 2 atom stereocenters. The molecule has 5 rings (SSSR count). The van der Waals surface area contributed by atoms with Crippen LogP contribution in [0.25, 0.3) is 10.2 Å². The second-order valence-corrected chi connectivity index (χ2v) is 11.2. The zero-order valence-electron chi connectivity index (χ0n) is 20.5. The van der Waals surface area contributed by atoms with Crippen molar-refractivity contribution in [3.05, 3.63) is 62.5 Å². The van der Waals surface area contributed by atoms with E-state index in [9.17, 15) is 9.90 Å². The van der Waals surface area contributed by atoms with Crippen molar-refractivity contribution in [1.82, 2.24) is 19.8 Å². The van der Waals surface area contributed by atoms with Crippen molar-refractivity contribution in [2.75, 3.05) is 45.9 Å². The Morgan fingerprint density at radius 3 is 2.89 bits per heavy atom. The first-order valence-electron chi connectivity index (χ1n) is 12.8. The van der Waals surface area contributed by atoms with Crippen molar-refractivity contribution in [3.8, 4) is 0 Å². The number of H-pyrrole nitrogens is 1. The van der Waals surface area contributed by atoms with Gasteiger partial charge in [0, 0.05) is 37.6 Å². The molecule has 7 nitrogen and oxygen atoms in total. The van der Waals surface area contributed by atoms with Crippen LogP contribution < -0.4 is 5.56 Å². The molecule has 0 bridgehead atoms. The highest BCUT2D eigenvalue weighted by atomic mass is 32.1. The maximum Gasteiger partial charge on any atom is 0.259 e. The number of ether oxygens (including phenoxy) is 1. The summed E-state index contributed by atoms with van der Waals surface area (Å²) in [5.74, 6) is 1.35. The molecule has 0 amide bonds. The van der Waals surface area contributed by atoms with E-state index in [2.05, 4.69) is 21.7 Å². The van der Waals surface area contributed by atoms with Gasteiger partial charge in [0.1, 0.15) is 10.7 Å². The molecule has 0 spiro atoms. The molecule has 35 heavy (non-hydrogen) atoms. The third kappa shape index (κ3) is 6.19. The predicted octanol–water partition coefficient (Wildman–Crippen LogP) is 2.85. The van der Waals surface area contributed by atoms with Crippen LogP contribution in [-0.4, -0.2) is 76.9 Å². The first kappa shape index (κ1) is 24.6. The molecule has 1 saturated heterocycles. The molecule has 2 N–H and O–H groups in total. The summed E-state index contributed by atoms with van der Waals surface area (Å²) >= 11 is 1.69. The summed E-state index contributed by atoms with van der Waals surface area (Å²) in [6, 6.07) is 10.1. The van der Waals surface area contributed by atoms with Gasteiger partial charge < -0.3 is 14.8 Å². The van der Waals surface area contributed by atoms with Gasteiger partial charge in [-0.2, -0.15) is 0 Å². The average Bonchev–Trinajstić information content (AvgIpc) is 3.21. The molecular formula is C27H36N4O3S. The van der Waals surface area contributed by atoms with Gasteiger partial charge in [0.2, 0.25) is 0 Å². The second kappa shape index (κ2) is 11.3. The Labute approximate surface area is 210 Å². The number of morpholine rings is 1. The number of benzene rings is 1. The van der Waals surface area contributed by atoms with Gasteiger partial charge in [-0.1, -0.05) is 37.3 Å². The van der Waals surface area contributed by atoms with E-state index in [1.807, 2.05) is 30.3 Å². The Hall–Kier alpha value is -2.10. The summed E-state index contributed by atoms with van der Waals surface area (Å²) in [5.41, 5.74) is 2.32. The molecule has 3 aromatic rings. The number of hydrogen-bond acceptors (Lipinski definition) is 7. The van der Waals surface area contributed by atoms with Crippen LogP contribution in [0.5, 0.6) is 0 Å². The zero-order valence-corrected chi connectivity index (χ0v) is 21.4. The number of rotatable bonds is 9. The monoisotopic (exact) mass is 496 g/mol. The number of aliphatic hydroxyl groups is 1. The van der Waals surface area contributed by atoms with Crippen molar-refractivity contribution < 1.29 is 9.84 Å². The van der Waals surface area contributed by atoms with Crippen LogP contribution in [0, 0.1) is 5.92 Å². The smallest absolute Gasteiger partial charge is 0.259 e. The van der Waals surface area contributed by atoms with Gasteiger partial charge in [0.15, 0.2) is 0 Å². The van der Waals surface area contributed by atoms with Crippen LogP contribution in [0.1, 0.15) is 35.2 Å². The fourth-order valence-corrected chi connectivity index (χ4v) is 6.67. The highest BCUT2D eigenvalue weighted by Crippen LogP contribution is 2.35. The molecule has 1 aromatic carbocycles. The number of fused-ring (bicyclic) bond motifs is 3. The van der Waals surface area contributed by atoms with Crippen LogP contribution in [-0.2, 0) is 30.5 Å². The molecule has 1 aliphatic heterocycles. The Kier molecular flexibility index (Phi) is 7.94. The molecule has 1 fully saturated rings. The van der Waals surface area contributed by atoms with Gasteiger partial charge >= 0.3 is 0 Å². The number of nitrogens with zero attached hydrogens (tertiary/aromatic N) is 3. The topological polar surface area (TPSA) is 81.7 Å². The van der Waals surface area contributed by atoms with Crippen LogP contribution in [0.2, 0.25) is 0 Å². The predicted molar refractivity (Wildman–Crippen MR) is 140 cm³/mol. The summed E-state index contributed by atoms with van der Waals surface area (Å²) in [6.45, 7) is 8.42. The lowest BCUT2D eigenvalue weighted by molar-refractivity contribution is 0.0289. The largest absolute Gasteiger partial charge is 0.391 e. The minimum atomic E-state index is -0.493. The van der Waals surface area contributed by atoms with E-state index in [4.69, 9.17) is 9.72 Å². The van der Waals surface area contributed by atoms with Crippen molar-refractivity contribution >= 4 is 21.6 Å². The van der Waals surface area contributed by atoms with Gasteiger partial charge in [0.25, 0.3) is 5.56 Å². The van der Waals surface area contributed by atoms with Crippen molar-refractivity contribution in [3.63, 3.8) is 0 Å². The van der Waals surface area contributed by atoms with E-state index in [0.717, 1.165) is 74.4 Å². The lowest BCUT2D eigenvalue weighted by Crippen LogP contribution is -2.43. The third-order valence-corrected chi connectivity index (χ3v) is 8.36.